The number of alkyl carbamates (subject to hydrolysis) is 1. The van der Waals surface area contributed by atoms with Gasteiger partial charge in [0.2, 0.25) is 5.82 Å². The van der Waals surface area contributed by atoms with E-state index in [0.717, 1.165) is 23.8 Å². The Hall–Kier alpha value is -4.70. The summed E-state index contributed by atoms with van der Waals surface area (Å²) < 4.78 is 56.4. The lowest BCUT2D eigenvalue weighted by Crippen LogP contribution is -2.39. The summed E-state index contributed by atoms with van der Waals surface area (Å²) in [7, 11) is 1.57. The molecule has 11 nitrogen and oxygen atoms in total. The third-order valence-electron chi connectivity index (χ3n) is 8.12. The Bertz CT molecular complexity index is 2370. The van der Waals surface area contributed by atoms with Gasteiger partial charge in [0.1, 0.15) is 35.1 Å². The Labute approximate surface area is 319 Å². The number of hydrogen-bond donors (Lipinski definition) is 2. The summed E-state index contributed by atoms with van der Waals surface area (Å²) in [4.78, 5) is 32.8. The van der Waals surface area contributed by atoms with Gasteiger partial charge in [-0.2, -0.15) is 9.40 Å². The van der Waals surface area contributed by atoms with E-state index in [4.69, 9.17) is 26.1 Å². The highest BCUT2D eigenvalue weighted by Gasteiger charge is 2.30. The first-order valence-corrected chi connectivity index (χ1v) is 18.9. The molecule has 2 atom stereocenters. The molecule has 0 aliphatic rings. The SMILES string of the molecule is COc1ccc(CN(c2n[nH]c3c(-n4c(C(Cc5cc(F)cc(F)c5)NC(=O)OC(C)(C)C)nc5cc(Br)ccc5c4=O)ccc(Cl)c23)[S+](C)[O-])cc1. The zero-order chi connectivity index (χ0) is 38.2. The molecule has 53 heavy (non-hydrogen) atoms. The van der Waals surface area contributed by atoms with Crippen molar-refractivity contribution in [1.82, 2.24) is 25.1 Å². The Morgan fingerprint density at radius 3 is 2.42 bits per heavy atom. The summed E-state index contributed by atoms with van der Waals surface area (Å²) in [6.07, 6.45) is 0.479. The van der Waals surface area contributed by atoms with Gasteiger partial charge < -0.3 is 19.3 Å². The second kappa shape index (κ2) is 15.3. The molecule has 0 radical (unpaired) electrons. The van der Waals surface area contributed by atoms with Crippen LogP contribution in [0.5, 0.6) is 5.75 Å². The molecule has 4 aromatic carbocycles. The third-order valence-corrected chi connectivity index (χ3v) is 9.86. The summed E-state index contributed by atoms with van der Waals surface area (Å²) in [6, 6.07) is 17.2. The molecule has 0 saturated carbocycles. The predicted octanol–water partition coefficient (Wildman–Crippen LogP) is 8.07. The molecule has 2 aromatic heterocycles. The van der Waals surface area contributed by atoms with Crippen LogP contribution in [0.1, 0.15) is 43.8 Å². The van der Waals surface area contributed by atoms with Crippen LogP contribution in [0.25, 0.3) is 27.5 Å². The zero-order valence-electron chi connectivity index (χ0n) is 29.2. The van der Waals surface area contributed by atoms with Crippen LogP contribution in [-0.2, 0) is 29.1 Å². The number of carbonyl (C=O) groups excluding carboxylic acids is 1. The van der Waals surface area contributed by atoms with Gasteiger partial charge in [-0.25, -0.2) is 18.6 Å². The van der Waals surface area contributed by atoms with E-state index >= 15 is 0 Å². The lowest BCUT2D eigenvalue weighted by molar-refractivity contribution is 0.0500. The van der Waals surface area contributed by atoms with Crippen LogP contribution in [0.4, 0.5) is 19.4 Å². The highest BCUT2D eigenvalue weighted by Crippen LogP contribution is 2.37. The zero-order valence-corrected chi connectivity index (χ0v) is 32.3. The first-order chi connectivity index (χ1) is 25.1. The number of amides is 1. The Morgan fingerprint density at radius 2 is 1.77 bits per heavy atom. The first-order valence-electron chi connectivity index (χ1n) is 16.2. The molecule has 276 valence electrons. The van der Waals surface area contributed by atoms with Crippen molar-refractivity contribution in [2.45, 2.75) is 45.4 Å². The highest BCUT2D eigenvalue weighted by atomic mass is 79.9. The smallest absolute Gasteiger partial charge is 0.408 e. The number of hydrogen-bond acceptors (Lipinski definition) is 8. The molecule has 2 N–H and O–H groups in total. The molecule has 16 heteroatoms. The van der Waals surface area contributed by atoms with Gasteiger partial charge in [-0.15, -0.1) is 0 Å². The van der Waals surface area contributed by atoms with Crippen molar-refractivity contribution in [3.8, 4) is 11.4 Å². The van der Waals surface area contributed by atoms with Crippen molar-refractivity contribution in [3.05, 3.63) is 121 Å². The highest BCUT2D eigenvalue weighted by molar-refractivity contribution is 9.10. The molecule has 0 bridgehead atoms. The van der Waals surface area contributed by atoms with Crippen molar-refractivity contribution >= 4 is 72.6 Å². The number of methoxy groups -OCH3 is 1. The molecule has 0 aliphatic carbocycles. The molecule has 6 rings (SSSR count). The maximum atomic E-state index is 14.6. The fourth-order valence-corrected chi connectivity index (χ4v) is 7.18. The number of ether oxygens (including phenoxy) is 2. The van der Waals surface area contributed by atoms with Gasteiger partial charge >= 0.3 is 6.09 Å². The Kier molecular flexibility index (Phi) is 11.0. The number of fused-ring (bicyclic) bond motifs is 2. The third kappa shape index (κ3) is 8.43. The maximum absolute atomic E-state index is 14.6. The van der Waals surface area contributed by atoms with Crippen molar-refractivity contribution in [2.24, 2.45) is 0 Å². The number of nitrogens with zero attached hydrogens (tertiary/aromatic N) is 4. The second-order valence-electron chi connectivity index (χ2n) is 13.1. The summed E-state index contributed by atoms with van der Waals surface area (Å²) >= 11 is 8.68. The molecule has 1 amide bonds. The minimum absolute atomic E-state index is 0.0186. The average Bonchev–Trinajstić information content (AvgIpc) is 3.52. The van der Waals surface area contributed by atoms with Crippen LogP contribution in [-0.4, -0.2) is 49.4 Å². The van der Waals surface area contributed by atoms with Crippen LogP contribution in [0.2, 0.25) is 5.02 Å². The number of halogens is 4. The quantitative estimate of drug-likeness (QED) is 0.132. The van der Waals surface area contributed by atoms with E-state index in [1.807, 2.05) is 12.1 Å². The van der Waals surface area contributed by atoms with E-state index < -0.39 is 46.3 Å². The molecule has 6 aromatic rings. The summed E-state index contributed by atoms with van der Waals surface area (Å²) in [5, 5.41) is 11.2. The van der Waals surface area contributed by atoms with Crippen molar-refractivity contribution in [2.75, 3.05) is 17.7 Å². The molecule has 0 saturated heterocycles. The number of benzene rings is 4. The fraction of sp³-hybridized carbons (Fsp3) is 0.243. The number of anilines is 1. The van der Waals surface area contributed by atoms with Crippen LogP contribution in [0.15, 0.2) is 82.1 Å². The lowest BCUT2D eigenvalue weighted by Gasteiger charge is -2.26. The monoisotopic (exact) mass is 826 g/mol. The van der Waals surface area contributed by atoms with Gasteiger partial charge in [0.05, 0.1) is 63.6 Å². The van der Waals surface area contributed by atoms with E-state index in [9.17, 15) is 22.9 Å². The van der Waals surface area contributed by atoms with E-state index in [1.165, 1.54) is 10.8 Å². The fourth-order valence-electron chi connectivity index (χ4n) is 5.88. The predicted molar refractivity (Wildman–Crippen MR) is 205 cm³/mol. The first kappa shape index (κ1) is 38.0. The lowest BCUT2D eigenvalue weighted by atomic mass is 10.0. The number of nitrogens with one attached hydrogen (secondary N) is 2. The van der Waals surface area contributed by atoms with E-state index in [2.05, 4.69) is 31.4 Å². The molecule has 0 fully saturated rings. The number of aromatic amines is 1. The Balaban J connectivity index is 1.57. The van der Waals surface area contributed by atoms with Crippen LogP contribution in [0.3, 0.4) is 0 Å². The van der Waals surface area contributed by atoms with E-state index in [-0.39, 0.29) is 46.3 Å². The van der Waals surface area contributed by atoms with Crippen LogP contribution < -0.4 is 19.9 Å². The average molecular weight is 828 g/mol. The van der Waals surface area contributed by atoms with E-state index in [1.54, 1.807) is 74.7 Å². The largest absolute Gasteiger partial charge is 0.593 e. The number of aromatic nitrogens is 4. The van der Waals surface area contributed by atoms with Gasteiger partial charge in [-0.1, -0.05) is 39.7 Å². The second-order valence-corrected chi connectivity index (χ2v) is 15.7. The van der Waals surface area contributed by atoms with E-state index in [0.29, 0.717) is 26.6 Å². The van der Waals surface area contributed by atoms with Crippen molar-refractivity contribution < 1.29 is 27.6 Å². The van der Waals surface area contributed by atoms with Gasteiger partial charge in [-0.05, 0) is 86.5 Å². The summed E-state index contributed by atoms with van der Waals surface area (Å²) in [5.41, 5.74) is 0.417. The molecule has 2 heterocycles. The summed E-state index contributed by atoms with van der Waals surface area (Å²) in [5.74, 6) is -0.698. The standard InChI is InChI=1S/C37H34BrClF2N6O5S/c1-37(2,3)52-36(49)43-29(16-21-14-23(40)18-24(41)15-21)33-42-28-17-22(38)8-11-26(28)35(48)47(33)30-13-12-27(39)31-32(30)44-45-34(31)46(53(5)50)19-20-6-9-25(51-4)10-7-20/h6-15,17-18,29H,16,19H2,1-5H3,(H,43,49)(H,44,45). The minimum atomic E-state index is -1.58. The molecular weight excluding hydrogens is 794 g/mol. The van der Waals surface area contributed by atoms with Crippen molar-refractivity contribution in [1.29, 1.82) is 0 Å². The topological polar surface area (TPSA) is 137 Å². The van der Waals surface area contributed by atoms with Crippen LogP contribution >= 0.6 is 27.5 Å². The van der Waals surface area contributed by atoms with Gasteiger partial charge in [-0.3, -0.25) is 14.5 Å². The molecular formula is C37H34BrClF2N6O5S. The molecule has 0 spiro atoms. The normalized spacial score (nSPS) is 12.9. The van der Waals surface area contributed by atoms with Gasteiger partial charge in [0, 0.05) is 17.0 Å². The van der Waals surface area contributed by atoms with Gasteiger partial charge in [0.15, 0.2) is 0 Å². The van der Waals surface area contributed by atoms with Gasteiger partial charge in [0.25, 0.3) is 5.56 Å². The maximum Gasteiger partial charge on any atom is 0.408 e. The Morgan fingerprint density at radius 1 is 1.08 bits per heavy atom. The van der Waals surface area contributed by atoms with Crippen molar-refractivity contribution in [3.63, 3.8) is 0 Å². The molecule has 2 unspecified atom stereocenters. The van der Waals surface area contributed by atoms with Crippen LogP contribution in [0, 0.1) is 11.6 Å². The summed E-state index contributed by atoms with van der Waals surface area (Å²) in [6.45, 7) is 5.25. The minimum Gasteiger partial charge on any atom is -0.593 e. The molecule has 0 aliphatic heterocycles. The number of rotatable bonds is 10. The number of H-pyrrole nitrogens is 1. The number of carbonyl (C=O) groups is 1.